The van der Waals surface area contributed by atoms with E-state index < -0.39 is 10.2 Å². The SMILES string of the molecule is CC1CC(C)CN(S(=O)(=O)NCCCN2CCNCC2)C1.Cl.Cl. The van der Waals surface area contributed by atoms with Crippen LogP contribution in [0.2, 0.25) is 0 Å². The van der Waals surface area contributed by atoms with Gasteiger partial charge in [-0.1, -0.05) is 13.8 Å². The molecule has 2 atom stereocenters. The number of halogens is 2. The van der Waals surface area contributed by atoms with Crippen LogP contribution in [0.5, 0.6) is 0 Å². The van der Waals surface area contributed by atoms with Crippen molar-refractivity contribution in [2.45, 2.75) is 26.7 Å². The first-order chi connectivity index (χ1) is 9.97. The van der Waals surface area contributed by atoms with Crippen molar-refractivity contribution in [2.24, 2.45) is 11.8 Å². The first kappa shape index (κ1) is 23.4. The maximum absolute atomic E-state index is 12.3. The molecule has 0 radical (unpaired) electrons. The van der Waals surface area contributed by atoms with E-state index >= 15 is 0 Å². The van der Waals surface area contributed by atoms with Crippen LogP contribution in [0, 0.1) is 11.8 Å². The summed E-state index contributed by atoms with van der Waals surface area (Å²) in [7, 11) is -3.30. The molecule has 2 heterocycles. The first-order valence-corrected chi connectivity index (χ1v) is 9.59. The topological polar surface area (TPSA) is 64.7 Å². The lowest BCUT2D eigenvalue weighted by atomic mass is 9.94. The summed E-state index contributed by atoms with van der Waals surface area (Å²) in [5, 5.41) is 3.32. The predicted molar refractivity (Wildman–Crippen MR) is 99.9 cm³/mol. The van der Waals surface area contributed by atoms with Gasteiger partial charge in [0.05, 0.1) is 0 Å². The molecule has 0 aromatic heterocycles. The molecule has 2 aliphatic heterocycles. The minimum Gasteiger partial charge on any atom is -0.314 e. The van der Waals surface area contributed by atoms with Gasteiger partial charge in [0.15, 0.2) is 0 Å². The highest BCUT2D eigenvalue weighted by atomic mass is 35.5. The zero-order valence-electron chi connectivity index (χ0n) is 14.2. The number of hydrogen-bond acceptors (Lipinski definition) is 4. The molecule has 2 saturated heterocycles. The van der Waals surface area contributed by atoms with E-state index in [1.807, 2.05) is 0 Å². The van der Waals surface area contributed by atoms with E-state index in [1.165, 1.54) is 0 Å². The Morgan fingerprint density at radius 3 is 2.22 bits per heavy atom. The summed E-state index contributed by atoms with van der Waals surface area (Å²) >= 11 is 0. The summed E-state index contributed by atoms with van der Waals surface area (Å²) in [6.07, 6.45) is 1.99. The molecule has 2 N–H and O–H groups in total. The van der Waals surface area contributed by atoms with Crippen molar-refractivity contribution in [3.8, 4) is 0 Å². The summed E-state index contributed by atoms with van der Waals surface area (Å²) in [6, 6.07) is 0. The zero-order chi connectivity index (χ0) is 15.3. The summed E-state index contributed by atoms with van der Waals surface area (Å²) in [6.45, 7) is 11.3. The van der Waals surface area contributed by atoms with E-state index in [0.29, 0.717) is 31.5 Å². The summed E-state index contributed by atoms with van der Waals surface area (Å²) in [5.41, 5.74) is 0. The van der Waals surface area contributed by atoms with Crippen molar-refractivity contribution < 1.29 is 8.42 Å². The number of piperidine rings is 1. The molecular weight excluding hydrogens is 359 g/mol. The molecule has 0 aliphatic carbocycles. The molecule has 0 bridgehead atoms. The minimum atomic E-state index is -3.30. The van der Waals surface area contributed by atoms with Gasteiger partial charge in [-0.15, -0.1) is 24.8 Å². The van der Waals surface area contributed by atoms with Gasteiger partial charge in [-0.25, -0.2) is 4.72 Å². The quantitative estimate of drug-likeness (QED) is 0.662. The summed E-state index contributed by atoms with van der Waals surface area (Å²) in [5.74, 6) is 0.900. The smallest absolute Gasteiger partial charge is 0.279 e. The normalized spacial score (nSPS) is 27.0. The maximum atomic E-state index is 12.3. The zero-order valence-corrected chi connectivity index (χ0v) is 16.6. The lowest BCUT2D eigenvalue weighted by molar-refractivity contribution is 0.219. The number of piperazine rings is 1. The lowest BCUT2D eigenvalue weighted by Crippen LogP contribution is -2.48. The Kier molecular flexibility index (Phi) is 11.3. The highest BCUT2D eigenvalue weighted by molar-refractivity contribution is 7.87. The minimum absolute atomic E-state index is 0. The average molecular weight is 391 g/mol. The van der Waals surface area contributed by atoms with Crippen LogP contribution in [0.4, 0.5) is 0 Å². The van der Waals surface area contributed by atoms with E-state index in [2.05, 4.69) is 28.8 Å². The van der Waals surface area contributed by atoms with Gasteiger partial charge in [0.2, 0.25) is 0 Å². The molecule has 140 valence electrons. The molecule has 0 aromatic carbocycles. The Morgan fingerprint density at radius 1 is 1.09 bits per heavy atom. The Balaban J connectivity index is 0.00000242. The van der Waals surface area contributed by atoms with Crippen LogP contribution >= 0.6 is 24.8 Å². The lowest BCUT2D eigenvalue weighted by Gasteiger charge is -2.34. The number of nitrogens with one attached hydrogen (secondary N) is 2. The predicted octanol–water partition coefficient (Wildman–Crippen LogP) is 0.938. The molecule has 2 rings (SSSR count). The van der Waals surface area contributed by atoms with Crippen molar-refractivity contribution in [2.75, 3.05) is 52.4 Å². The monoisotopic (exact) mass is 390 g/mol. The van der Waals surface area contributed by atoms with E-state index in [-0.39, 0.29) is 24.8 Å². The average Bonchev–Trinajstić information content (AvgIpc) is 2.44. The third-order valence-corrected chi connectivity index (χ3v) is 5.87. The molecule has 0 amide bonds. The van der Waals surface area contributed by atoms with E-state index in [0.717, 1.165) is 45.6 Å². The molecule has 2 aliphatic rings. The molecule has 9 heteroatoms. The van der Waals surface area contributed by atoms with Crippen molar-refractivity contribution in [3.05, 3.63) is 0 Å². The highest BCUT2D eigenvalue weighted by Gasteiger charge is 2.29. The Labute approximate surface area is 153 Å². The van der Waals surface area contributed by atoms with Crippen LogP contribution in [0.1, 0.15) is 26.7 Å². The largest absolute Gasteiger partial charge is 0.314 e. The summed E-state index contributed by atoms with van der Waals surface area (Å²) < 4.78 is 29.0. The van der Waals surface area contributed by atoms with Gasteiger partial charge in [0, 0.05) is 45.8 Å². The van der Waals surface area contributed by atoms with Crippen LogP contribution in [0.3, 0.4) is 0 Å². The molecular formula is C14H32Cl2N4O2S. The second-order valence-corrected chi connectivity index (χ2v) is 8.36. The second-order valence-electron chi connectivity index (χ2n) is 6.61. The van der Waals surface area contributed by atoms with Gasteiger partial charge in [-0.2, -0.15) is 12.7 Å². The van der Waals surface area contributed by atoms with E-state index in [1.54, 1.807) is 4.31 Å². The Bertz CT molecular complexity index is 409. The Morgan fingerprint density at radius 2 is 1.65 bits per heavy atom. The molecule has 0 aromatic rings. The molecule has 0 spiro atoms. The fraction of sp³-hybridized carbons (Fsp3) is 1.00. The van der Waals surface area contributed by atoms with Gasteiger partial charge >= 0.3 is 0 Å². The van der Waals surface area contributed by atoms with Crippen molar-refractivity contribution >= 4 is 35.0 Å². The summed E-state index contributed by atoms with van der Waals surface area (Å²) in [4.78, 5) is 2.38. The number of hydrogen-bond donors (Lipinski definition) is 2. The van der Waals surface area contributed by atoms with Crippen LogP contribution in [0.15, 0.2) is 0 Å². The molecule has 2 unspecified atom stereocenters. The fourth-order valence-electron chi connectivity index (χ4n) is 3.33. The van der Waals surface area contributed by atoms with Gasteiger partial charge < -0.3 is 10.2 Å². The van der Waals surface area contributed by atoms with E-state index in [4.69, 9.17) is 0 Å². The third kappa shape index (κ3) is 7.86. The van der Waals surface area contributed by atoms with Gasteiger partial charge in [0.25, 0.3) is 10.2 Å². The van der Waals surface area contributed by atoms with E-state index in [9.17, 15) is 8.42 Å². The third-order valence-electron chi connectivity index (χ3n) is 4.32. The van der Waals surface area contributed by atoms with Crippen LogP contribution in [-0.4, -0.2) is 70.0 Å². The van der Waals surface area contributed by atoms with Gasteiger partial charge in [-0.3, -0.25) is 0 Å². The standard InChI is InChI=1S/C14H30N4O2S.2ClH/c1-13-10-14(2)12-18(11-13)21(19,20)16-4-3-7-17-8-5-15-6-9-17;;/h13-16H,3-12H2,1-2H3;2*1H. The van der Waals surface area contributed by atoms with Gasteiger partial charge in [0.1, 0.15) is 0 Å². The first-order valence-electron chi connectivity index (χ1n) is 8.15. The second kappa shape index (κ2) is 11.1. The number of rotatable bonds is 6. The van der Waals surface area contributed by atoms with Gasteiger partial charge in [-0.05, 0) is 31.2 Å². The van der Waals surface area contributed by atoms with Crippen LogP contribution in [-0.2, 0) is 10.2 Å². The molecule has 0 saturated carbocycles. The number of nitrogens with zero attached hydrogens (tertiary/aromatic N) is 2. The molecule has 2 fully saturated rings. The van der Waals surface area contributed by atoms with Crippen molar-refractivity contribution in [1.29, 1.82) is 0 Å². The molecule has 23 heavy (non-hydrogen) atoms. The van der Waals surface area contributed by atoms with Crippen LogP contribution < -0.4 is 10.0 Å². The fourth-order valence-corrected chi connectivity index (χ4v) is 4.82. The maximum Gasteiger partial charge on any atom is 0.279 e. The highest BCUT2D eigenvalue weighted by Crippen LogP contribution is 2.22. The van der Waals surface area contributed by atoms with Crippen molar-refractivity contribution in [3.63, 3.8) is 0 Å². The van der Waals surface area contributed by atoms with Crippen LogP contribution in [0.25, 0.3) is 0 Å². The molecule has 6 nitrogen and oxygen atoms in total. The van der Waals surface area contributed by atoms with Crippen molar-refractivity contribution in [1.82, 2.24) is 19.2 Å². The Hall–Kier alpha value is 0.370.